The number of aliphatic hydroxyl groups is 5. The largest absolute Gasteiger partial charge is 0.481 e. The smallest absolute Gasteiger partial charge is 0.321 e. The molecule has 0 radical (unpaired) electrons. The zero-order chi connectivity index (χ0) is 98.0. The fourth-order valence-electron chi connectivity index (χ4n) is 10.4. The van der Waals surface area contributed by atoms with Gasteiger partial charge >= 0.3 is 29.8 Å². The fraction of sp³-hybridized carbons (Fsp3) is 0.817. The summed E-state index contributed by atoms with van der Waals surface area (Å²) in [5.41, 5.74) is 5.44. The Morgan fingerprint density at radius 2 is 0.700 bits per heavy atom. The van der Waals surface area contributed by atoms with Gasteiger partial charge in [-0.25, -0.2) is 0 Å². The van der Waals surface area contributed by atoms with Crippen molar-refractivity contribution in [2.75, 3.05) is 192 Å². The molecule has 2 aliphatic heterocycles. The number of carbonyl (C=O) groups is 15. The number of aliphatic hydroxyl groups excluding tert-OH is 5. The molecule has 0 spiro atoms. The highest BCUT2D eigenvalue weighted by atomic mass is 32.2. The summed E-state index contributed by atoms with van der Waals surface area (Å²) < 4.78 is 77.8. The Morgan fingerprint density at radius 1 is 0.400 bits per heavy atom. The summed E-state index contributed by atoms with van der Waals surface area (Å²) in [6.45, 7) is 15.5. The second-order valence-corrected chi connectivity index (χ2v) is 32.7. The summed E-state index contributed by atoms with van der Waals surface area (Å²) in [4.78, 5) is 180. The molecule has 2 rings (SSSR count). The Bertz CT molecular complexity index is 3160. The number of esters is 3. The van der Waals surface area contributed by atoms with Gasteiger partial charge in [0, 0.05) is 168 Å². The van der Waals surface area contributed by atoms with Crippen LogP contribution in [0, 0.1) is 0 Å². The van der Waals surface area contributed by atoms with Crippen LogP contribution in [0.25, 0.3) is 0 Å². The number of nitrogens with zero attached hydrogens (tertiary/aromatic N) is 2. The minimum Gasteiger partial charge on any atom is -0.481 e. The summed E-state index contributed by atoms with van der Waals surface area (Å²) >= 11 is 2.47. The van der Waals surface area contributed by atoms with Crippen LogP contribution in [0.2, 0.25) is 0 Å². The lowest BCUT2D eigenvalue weighted by Gasteiger charge is -2.21. The van der Waals surface area contributed by atoms with Crippen LogP contribution in [0.15, 0.2) is 0 Å². The van der Waals surface area contributed by atoms with E-state index in [1.807, 2.05) is 48.5 Å². The number of nitrogens with two attached hydrogens (primary N) is 1. The molecule has 754 valence electrons. The van der Waals surface area contributed by atoms with Crippen LogP contribution in [0.1, 0.15) is 170 Å². The number of methoxy groups -OCH3 is 4. The van der Waals surface area contributed by atoms with Crippen LogP contribution in [-0.4, -0.2) is 398 Å². The lowest BCUT2D eigenvalue weighted by Crippen LogP contribution is -2.37. The molecule has 15 N–H and O–H groups in total. The second kappa shape index (κ2) is 78.9. The van der Waals surface area contributed by atoms with E-state index in [2.05, 4.69) is 31.9 Å². The number of thioether (sulfide) groups is 2. The van der Waals surface area contributed by atoms with Crippen molar-refractivity contribution in [3.63, 3.8) is 0 Å². The van der Waals surface area contributed by atoms with Gasteiger partial charge in [0.1, 0.15) is 25.9 Å². The maximum atomic E-state index is 12.5. The Hall–Kier alpha value is -7.57. The van der Waals surface area contributed by atoms with Crippen LogP contribution in [-0.2, 0) is 143 Å². The average Bonchev–Trinajstić information content (AvgIpc) is 1.69. The molecule has 2 heterocycles. The standard InChI is InChI=1S/C32H56N4O12S.C31H53N5O14S.C12H22O7.C7H16O4/c1-6-23(21-37)48-30(44-5)22-47-29(42)9-7-8-25(38)33-12-13-34-27(40)11-16-45-18-19-46-17-14-35-26(39)10-15-36-28(41)20-24(31(36)43)49-32(2,3)4;1-3-21(18-37)50-29(46-2)19-49-28(42)6-4-5-24(38)33-9-10-34-26(40)8-13-47-15-16-48-14-11-35-25(39)7-12-36-27(41)17-23(30(36)43)51-20-22(32)31(44)45;1-3-9(7-13)19-12(17-2)8-18-11(16)6-4-5-10(14)15;1-3-6(4-8)11-7(5-9)10-2/h23-24,30,37H,6-22H2,1-5H3,(H,33,38)(H,34,40)(H,35,39);21-23,29,37H,3-20,32H2,1-2H3,(H,33,38)(H,34,40)(H,35,39)(H,44,45);9,12-13H,3-8H2,1-2H3,(H,14,15);6-9H,3-5H2,1-2H3. The van der Waals surface area contributed by atoms with Gasteiger partial charge in [-0.1, -0.05) is 48.5 Å². The molecule has 0 bridgehead atoms. The SMILES string of the molecule is CCC(CO)OC(CO)OC.CCC(CO)OC(COC(=O)CCCC(=O)NCCNC(=O)CCOCCOCCNC(=O)CCN1C(=O)CC(SC(C)(C)C)C1=O)OC.CCC(CO)OC(COC(=O)CCCC(=O)NCCNC(=O)CCOCCOCCNC(=O)CCN1C(=O)CC(SCC(N)C(=O)O)C1=O)OC.CCC(CO)OC(COC(=O)CCCC(=O)O)OC. The minimum atomic E-state index is -1.19. The first-order valence-electron chi connectivity index (χ1n) is 43.3. The van der Waals surface area contributed by atoms with Crippen LogP contribution in [0.5, 0.6) is 0 Å². The number of nitrogens with one attached hydrogen (secondary N) is 6. The van der Waals surface area contributed by atoms with Gasteiger partial charge in [0.2, 0.25) is 59.1 Å². The lowest BCUT2D eigenvalue weighted by atomic mass is 10.2. The van der Waals surface area contributed by atoms with Crippen molar-refractivity contribution >= 4 is 112 Å². The molecule has 0 aliphatic carbocycles. The van der Waals surface area contributed by atoms with Crippen LogP contribution in [0.4, 0.5) is 0 Å². The minimum absolute atomic E-state index is 0.00881. The molecular weight excluding hydrogens is 1770 g/mol. The average molecular weight is 1920 g/mol. The molecule has 48 heteroatoms. The molecule has 0 aromatic rings. The van der Waals surface area contributed by atoms with E-state index < -0.39 is 95.6 Å². The molecule has 10 amide bonds. The van der Waals surface area contributed by atoms with Crippen molar-refractivity contribution in [1.82, 2.24) is 41.7 Å². The van der Waals surface area contributed by atoms with E-state index in [4.69, 9.17) is 102 Å². The lowest BCUT2D eigenvalue weighted by molar-refractivity contribution is -0.194. The Labute approximate surface area is 768 Å². The van der Waals surface area contributed by atoms with Crippen molar-refractivity contribution in [2.24, 2.45) is 5.73 Å². The summed E-state index contributed by atoms with van der Waals surface area (Å²) in [6, 6.07) is -1.14. The highest BCUT2D eigenvalue weighted by Gasteiger charge is 2.42. The summed E-state index contributed by atoms with van der Waals surface area (Å²) in [7, 11) is 5.67. The Kier molecular flexibility index (Phi) is 75.5. The zero-order valence-electron chi connectivity index (χ0n) is 77.1. The predicted octanol–water partition coefficient (Wildman–Crippen LogP) is -1.54. The van der Waals surface area contributed by atoms with E-state index in [0.29, 0.717) is 32.1 Å². The maximum Gasteiger partial charge on any atom is 0.321 e. The number of hydrogen-bond acceptors (Lipinski definition) is 38. The number of imide groups is 2. The van der Waals surface area contributed by atoms with E-state index in [1.165, 1.54) is 45.1 Å². The molecule has 0 aromatic carbocycles. The highest BCUT2D eigenvalue weighted by molar-refractivity contribution is 8.02. The number of carbonyl (C=O) groups excluding carboxylic acids is 13. The highest BCUT2D eigenvalue weighted by Crippen LogP contribution is 2.35. The van der Waals surface area contributed by atoms with Crippen LogP contribution in [0.3, 0.4) is 0 Å². The second-order valence-electron chi connectivity index (χ2n) is 29.5. The van der Waals surface area contributed by atoms with E-state index in [-0.39, 0.29) is 318 Å². The normalized spacial score (nSPS) is 15.7. The molecule has 130 heavy (non-hydrogen) atoms. The van der Waals surface area contributed by atoms with E-state index in [1.54, 1.807) is 0 Å². The van der Waals surface area contributed by atoms with Gasteiger partial charge in [-0.15, -0.1) is 23.5 Å². The topological polar surface area (TPSA) is 641 Å². The Balaban J connectivity index is 0. The number of carboxylic acids is 2. The predicted molar refractivity (Wildman–Crippen MR) is 467 cm³/mol. The van der Waals surface area contributed by atoms with E-state index in [0.717, 1.165) is 16.7 Å². The molecule has 2 aliphatic rings. The number of amides is 10. The van der Waals surface area contributed by atoms with Crippen LogP contribution < -0.4 is 37.6 Å². The van der Waals surface area contributed by atoms with Crippen molar-refractivity contribution in [3.8, 4) is 0 Å². The molecule has 46 nitrogen and oxygen atoms in total. The molecular formula is C82H147N9O37S2. The van der Waals surface area contributed by atoms with Crippen molar-refractivity contribution in [2.45, 2.75) is 241 Å². The first-order chi connectivity index (χ1) is 62.0. The zero-order valence-corrected chi connectivity index (χ0v) is 78.8. The maximum absolute atomic E-state index is 12.5. The third-order valence-electron chi connectivity index (χ3n) is 17.9. The molecule has 11 unspecified atom stereocenters. The van der Waals surface area contributed by atoms with Gasteiger partial charge < -0.3 is 144 Å². The number of rotatable bonds is 74. The fourth-order valence-corrected chi connectivity index (χ4v) is 12.9. The number of ether oxygens (including phenoxy) is 15. The molecule has 0 saturated carbocycles. The molecule has 0 aromatic heterocycles. The third-order valence-corrected chi connectivity index (χ3v) is 20.6. The number of aliphatic carboxylic acids is 2. The van der Waals surface area contributed by atoms with Gasteiger partial charge in [0.25, 0.3) is 0 Å². The van der Waals surface area contributed by atoms with Gasteiger partial charge in [0.05, 0.1) is 121 Å². The van der Waals surface area contributed by atoms with Crippen molar-refractivity contribution in [1.29, 1.82) is 0 Å². The van der Waals surface area contributed by atoms with Crippen molar-refractivity contribution < 1.29 is 179 Å². The Morgan fingerprint density at radius 3 is 1.01 bits per heavy atom. The van der Waals surface area contributed by atoms with Gasteiger partial charge in [-0.2, -0.15) is 0 Å². The number of carboxylic acid groups (broad SMARTS) is 2. The molecule has 11 atom stereocenters. The quantitative estimate of drug-likeness (QED) is 0.0108. The first kappa shape index (κ1) is 124. The number of hydrogen-bond donors (Lipinski definition) is 14. The van der Waals surface area contributed by atoms with Crippen LogP contribution >= 0.6 is 23.5 Å². The molecule has 2 saturated heterocycles. The van der Waals surface area contributed by atoms with Crippen molar-refractivity contribution in [3.05, 3.63) is 0 Å². The molecule has 2 fully saturated rings. The van der Waals surface area contributed by atoms with Gasteiger partial charge in [-0.05, 0) is 44.9 Å². The van der Waals surface area contributed by atoms with Gasteiger partial charge in [0.15, 0.2) is 25.2 Å². The summed E-state index contributed by atoms with van der Waals surface area (Å²) in [6.07, 6.45) is -0.517. The third kappa shape index (κ3) is 65.9. The monoisotopic (exact) mass is 1910 g/mol. The van der Waals surface area contributed by atoms with Gasteiger partial charge in [-0.3, -0.25) is 81.7 Å². The van der Waals surface area contributed by atoms with E-state index in [9.17, 15) is 82.1 Å². The first-order valence-corrected chi connectivity index (χ1v) is 45.3. The summed E-state index contributed by atoms with van der Waals surface area (Å²) in [5, 5.41) is 76.8. The number of likely N-dealkylation sites (tertiary alicyclic amines) is 2. The van der Waals surface area contributed by atoms with E-state index >= 15 is 0 Å². The summed E-state index contributed by atoms with van der Waals surface area (Å²) in [5.74, 6) is -6.67.